The molecule has 2 atom stereocenters. The Morgan fingerprint density at radius 1 is 1.12 bits per heavy atom. The molecule has 1 aromatic rings. The van der Waals surface area contributed by atoms with Crippen LogP contribution in [0.2, 0.25) is 0 Å². The van der Waals surface area contributed by atoms with Crippen molar-refractivity contribution in [3.05, 3.63) is 11.8 Å². The molecule has 0 unspecified atom stereocenters. The van der Waals surface area contributed by atoms with Gasteiger partial charge in [-0.1, -0.05) is 0 Å². The van der Waals surface area contributed by atoms with Crippen molar-refractivity contribution >= 4 is 16.3 Å². The maximum Gasteiger partial charge on any atom is 0.363 e. The van der Waals surface area contributed by atoms with Crippen LogP contribution in [0.15, 0.2) is 4.42 Å². The zero-order chi connectivity index (χ0) is 17.8. The number of piperidine rings is 2. The molecule has 1 aromatic heterocycles. The highest BCUT2D eigenvalue weighted by molar-refractivity contribution is 7.84. The largest absolute Gasteiger partial charge is 0.423 e. The van der Waals surface area contributed by atoms with E-state index < -0.39 is 28.4 Å². The molecule has 11 heteroatoms. The number of urea groups is 1. The second-order valence-corrected chi connectivity index (χ2v) is 8.30. The lowest BCUT2D eigenvalue weighted by molar-refractivity contribution is 0.164. The van der Waals surface area contributed by atoms with Gasteiger partial charge in [0.1, 0.15) is 6.04 Å². The number of amides is 2. The molecule has 3 aliphatic rings. The molecule has 4 heterocycles. The van der Waals surface area contributed by atoms with E-state index in [0.717, 1.165) is 25.9 Å². The molecule has 138 valence electrons. The topological polar surface area (TPSA) is 120 Å². The van der Waals surface area contributed by atoms with Crippen molar-refractivity contribution in [2.75, 3.05) is 26.7 Å². The van der Waals surface area contributed by atoms with Gasteiger partial charge in [-0.15, -0.1) is 10.2 Å². The first-order valence-corrected chi connectivity index (χ1v) is 9.83. The van der Waals surface area contributed by atoms with E-state index in [9.17, 15) is 17.8 Å². The molecule has 2 amide bonds. The zero-order valence-corrected chi connectivity index (χ0v) is 14.7. The first-order valence-electron chi connectivity index (χ1n) is 8.44. The van der Waals surface area contributed by atoms with Crippen molar-refractivity contribution in [1.82, 2.24) is 24.3 Å². The third-order valence-corrected chi connectivity index (χ3v) is 6.33. The first-order chi connectivity index (χ1) is 11.8. The lowest BCUT2D eigenvalue weighted by atomic mass is 9.97. The molecule has 1 N–H and O–H groups in total. The molecule has 4 rings (SSSR count). The monoisotopic (exact) mass is 371 g/mol. The molecule has 0 saturated carbocycles. The fraction of sp³-hybridized carbons (Fsp3) is 0.786. The Balaban J connectivity index is 1.53. The van der Waals surface area contributed by atoms with E-state index in [1.165, 1.54) is 4.90 Å². The number of rotatable bonds is 3. The lowest BCUT2D eigenvalue weighted by Crippen LogP contribution is -2.38. The second kappa shape index (κ2) is 5.92. The minimum atomic E-state index is -4.56. The minimum Gasteiger partial charge on any atom is -0.423 e. The number of aromatic nitrogens is 2. The molecular weight excluding hydrogens is 350 g/mol. The molecule has 2 bridgehead atoms. The van der Waals surface area contributed by atoms with Crippen LogP contribution in [-0.2, 0) is 10.3 Å². The molecule has 3 saturated heterocycles. The van der Waals surface area contributed by atoms with Gasteiger partial charge >= 0.3 is 16.3 Å². The summed E-state index contributed by atoms with van der Waals surface area (Å²) in [4.78, 5) is 16.0. The second-order valence-electron chi connectivity index (χ2n) is 7.01. The average molecular weight is 371 g/mol. The Morgan fingerprint density at radius 2 is 1.80 bits per heavy atom. The van der Waals surface area contributed by atoms with Crippen molar-refractivity contribution < 1.29 is 22.2 Å². The summed E-state index contributed by atoms with van der Waals surface area (Å²) >= 11 is 0. The smallest absolute Gasteiger partial charge is 0.363 e. The fourth-order valence-electron chi connectivity index (χ4n) is 3.98. The first kappa shape index (κ1) is 16.7. The maximum atomic E-state index is 12.4. The van der Waals surface area contributed by atoms with Gasteiger partial charge in [-0.25, -0.2) is 4.79 Å². The molecule has 0 aromatic carbocycles. The SMILES string of the molecule is CN1CCC(c2nnc([C@@H]3CC[C@@H]4CN3C(=O)N4S(=O)(=O)O)o2)CC1. The van der Waals surface area contributed by atoms with E-state index in [1.54, 1.807) is 0 Å². The number of nitrogens with zero attached hydrogens (tertiary/aromatic N) is 5. The molecule has 3 fully saturated rings. The van der Waals surface area contributed by atoms with Gasteiger partial charge in [0, 0.05) is 12.5 Å². The van der Waals surface area contributed by atoms with Crippen LogP contribution in [-0.4, -0.2) is 76.0 Å². The summed E-state index contributed by atoms with van der Waals surface area (Å²) in [6.45, 7) is 2.18. The lowest BCUT2D eigenvalue weighted by Gasteiger charge is -2.28. The van der Waals surface area contributed by atoms with Gasteiger partial charge in [-0.05, 0) is 45.8 Å². The predicted octanol–water partition coefficient (Wildman–Crippen LogP) is 0.623. The van der Waals surface area contributed by atoms with E-state index >= 15 is 0 Å². The Labute approximate surface area is 145 Å². The van der Waals surface area contributed by atoms with Crippen molar-refractivity contribution in [1.29, 1.82) is 0 Å². The average Bonchev–Trinajstić information content (AvgIpc) is 3.13. The molecule has 0 aliphatic carbocycles. The van der Waals surface area contributed by atoms with E-state index in [0.29, 0.717) is 28.9 Å². The maximum absolute atomic E-state index is 12.4. The summed E-state index contributed by atoms with van der Waals surface area (Å²) in [6, 6.07) is -1.70. The third kappa shape index (κ3) is 2.89. The summed E-state index contributed by atoms with van der Waals surface area (Å²) in [5.74, 6) is 1.15. The van der Waals surface area contributed by atoms with Crippen molar-refractivity contribution in [3.63, 3.8) is 0 Å². The van der Waals surface area contributed by atoms with Crippen LogP contribution in [0.4, 0.5) is 4.79 Å². The van der Waals surface area contributed by atoms with Crippen LogP contribution in [0.3, 0.4) is 0 Å². The normalized spacial score (nSPS) is 28.8. The van der Waals surface area contributed by atoms with Gasteiger partial charge in [0.25, 0.3) is 0 Å². The number of hydrogen-bond donors (Lipinski definition) is 1. The number of carbonyl (C=O) groups is 1. The summed E-state index contributed by atoms with van der Waals surface area (Å²) < 4.78 is 38.6. The van der Waals surface area contributed by atoms with Crippen LogP contribution < -0.4 is 0 Å². The highest BCUT2D eigenvalue weighted by atomic mass is 32.2. The van der Waals surface area contributed by atoms with Crippen LogP contribution in [0.25, 0.3) is 0 Å². The van der Waals surface area contributed by atoms with Gasteiger partial charge in [-0.3, -0.25) is 4.55 Å². The molecule has 25 heavy (non-hydrogen) atoms. The molecule has 0 spiro atoms. The van der Waals surface area contributed by atoms with Crippen LogP contribution >= 0.6 is 0 Å². The van der Waals surface area contributed by atoms with Crippen LogP contribution in [0.5, 0.6) is 0 Å². The van der Waals surface area contributed by atoms with Crippen molar-refractivity contribution in [2.24, 2.45) is 0 Å². The van der Waals surface area contributed by atoms with Gasteiger partial charge in [0.05, 0.1) is 6.04 Å². The quantitative estimate of drug-likeness (QED) is 0.768. The Bertz CT molecular complexity index is 772. The Kier molecular flexibility index (Phi) is 3.96. The molecule has 0 radical (unpaired) electrons. The van der Waals surface area contributed by atoms with Gasteiger partial charge in [0.2, 0.25) is 11.8 Å². The van der Waals surface area contributed by atoms with E-state index in [1.807, 2.05) is 0 Å². The van der Waals surface area contributed by atoms with Crippen molar-refractivity contribution in [3.8, 4) is 0 Å². The Hall–Kier alpha value is -1.72. The van der Waals surface area contributed by atoms with Crippen molar-refractivity contribution in [2.45, 2.75) is 43.7 Å². The molecular formula is C14H21N5O5S. The predicted molar refractivity (Wildman–Crippen MR) is 85.0 cm³/mol. The van der Waals surface area contributed by atoms with Gasteiger partial charge in [0.15, 0.2) is 0 Å². The third-order valence-electron chi connectivity index (χ3n) is 5.38. The highest BCUT2D eigenvalue weighted by Gasteiger charge is 2.51. The van der Waals surface area contributed by atoms with Crippen LogP contribution in [0, 0.1) is 0 Å². The van der Waals surface area contributed by atoms with Gasteiger partial charge in [-0.2, -0.15) is 12.7 Å². The fourth-order valence-corrected chi connectivity index (χ4v) is 4.83. The summed E-state index contributed by atoms with van der Waals surface area (Å²) in [5.41, 5.74) is 0. The standard InChI is InChI=1S/C14H21N5O5S/c1-17-6-4-9(5-7-17)12-15-16-13(24-12)11-3-2-10-8-18(11)14(20)19(10)25(21,22)23/h9-11H,2-8H2,1H3,(H,21,22,23)/t10-,11+/m1/s1. The van der Waals surface area contributed by atoms with Gasteiger partial charge < -0.3 is 14.2 Å². The molecule has 3 aliphatic heterocycles. The number of hydrogen-bond acceptors (Lipinski definition) is 7. The minimum absolute atomic E-state index is 0.220. The number of likely N-dealkylation sites (tertiary alicyclic amines) is 1. The van der Waals surface area contributed by atoms with E-state index in [-0.39, 0.29) is 12.5 Å². The Morgan fingerprint density at radius 3 is 2.48 bits per heavy atom. The number of carbonyl (C=O) groups excluding carboxylic acids is 1. The van der Waals surface area contributed by atoms with Crippen LogP contribution in [0.1, 0.15) is 49.4 Å². The summed E-state index contributed by atoms with van der Waals surface area (Å²) in [7, 11) is -2.48. The van der Waals surface area contributed by atoms with E-state index in [2.05, 4.69) is 22.1 Å². The van der Waals surface area contributed by atoms with E-state index in [4.69, 9.17) is 4.42 Å². The highest BCUT2D eigenvalue weighted by Crippen LogP contribution is 2.39. The molecule has 10 nitrogen and oxygen atoms in total. The zero-order valence-electron chi connectivity index (χ0n) is 13.9. The summed E-state index contributed by atoms with van der Waals surface area (Å²) in [6.07, 6.45) is 2.88. The number of fused-ring (bicyclic) bond motifs is 2. The summed E-state index contributed by atoms with van der Waals surface area (Å²) in [5, 5.41) is 8.28.